The van der Waals surface area contributed by atoms with E-state index in [4.69, 9.17) is 4.74 Å². The van der Waals surface area contributed by atoms with E-state index in [9.17, 15) is 9.90 Å². The number of aliphatic hydroxyl groups is 1. The number of hydrogen-bond donors (Lipinski definition) is 1. The Labute approximate surface area is 117 Å². The average molecular weight is 270 g/mol. The number of carbonyl (C=O) groups excluding carboxylic acids is 1. The van der Waals surface area contributed by atoms with Gasteiger partial charge in [0.25, 0.3) is 0 Å². The van der Waals surface area contributed by atoms with Crippen LogP contribution in [-0.4, -0.2) is 23.3 Å². The molecule has 3 nitrogen and oxygen atoms in total. The Morgan fingerprint density at radius 3 is 2.47 bits per heavy atom. The first-order chi connectivity index (χ1) is 8.74. The van der Waals surface area contributed by atoms with Crippen molar-refractivity contribution in [2.24, 2.45) is 17.3 Å². The molecule has 1 aliphatic carbocycles. The number of rotatable bonds is 5. The highest BCUT2D eigenvalue weighted by atomic mass is 16.5. The van der Waals surface area contributed by atoms with Gasteiger partial charge in [-0.2, -0.15) is 0 Å². The first-order valence-corrected chi connectivity index (χ1v) is 7.63. The molecular formula is C16H30O3. The van der Waals surface area contributed by atoms with Crippen LogP contribution in [0.25, 0.3) is 0 Å². The van der Waals surface area contributed by atoms with Gasteiger partial charge in [-0.1, -0.05) is 34.1 Å². The minimum absolute atomic E-state index is 0.0882. The summed E-state index contributed by atoms with van der Waals surface area (Å²) in [5.41, 5.74) is -0.811. The molecule has 0 spiro atoms. The summed E-state index contributed by atoms with van der Waals surface area (Å²) < 4.78 is 5.18. The number of hydrogen-bond acceptors (Lipinski definition) is 3. The molecule has 0 radical (unpaired) electrons. The van der Waals surface area contributed by atoms with Crippen molar-refractivity contribution in [2.45, 2.75) is 72.3 Å². The SMILES string of the molecule is CCCC(C(=O)OCC)C1(O)CC(C)CC(C)(C)C1. The van der Waals surface area contributed by atoms with Crippen molar-refractivity contribution in [3.8, 4) is 0 Å². The summed E-state index contributed by atoms with van der Waals surface area (Å²) in [5.74, 6) is -0.154. The second-order valence-corrected chi connectivity index (χ2v) is 7.05. The number of esters is 1. The highest BCUT2D eigenvalue weighted by molar-refractivity contribution is 5.74. The number of carbonyl (C=O) groups is 1. The minimum atomic E-state index is -0.899. The first-order valence-electron chi connectivity index (χ1n) is 7.63. The van der Waals surface area contributed by atoms with Crippen LogP contribution < -0.4 is 0 Å². The maximum absolute atomic E-state index is 12.2. The van der Waals surface area contributed by atoms with Gasteiger partial charge in [0.15, 0.2) is 0 Å². The Morgan fingerprint density at radius 2 is 2.00 bits per heavy atom. The summed E-state index contributed by atoms with van der Waals surface area (Å²) in [6.45, 7) is 10.8. The van der Waals surface area contributed by atoms with Gasteiger partial charge in [0.1, 0.15) is 0 Å². The van der Waals surface area contributed by atoms with Crippen LogP contribution in [0.3, 0.4) is 0 Å². The van der Waals surface area contributed by atoms with Crippen LogP contribution in [0.2, 0.25) is 0 Å². The van der Waals surface area contributed by atoms with Crippen LogP contribution in [0.15, 0.2) is 0 Å². The lowest BCUT2D eigenvalue weighted by molar-refractivity contribution is -0.167. The molecule has 0 aromatic carbocycles. The fourth-order valence-electron chi connectivity index (χ4n) is 3.99. The quantitative estimate of drug-likeness (QED) is 0.777. The van der Waals surface area contributed by atoms with E-state index in [1.807, 2.05) is 13.8 Å². The predicted octanol–water partition coefficient (Wildman–Crippen LogP) is 3.54. The van der Waals surface area contributed by atoms with E-state index in [0.717, 1.165) is 12.8 Å². The lowest BCUT2D eigenvalue weighted by Crippen LogP contribution is -2.50. The van der Waals surface area contributed by atoms with Crippen molar-refractivity contribution < 1.29 is 14.6 Å². The zero-order valence-electron chi connectivity index (χ0n) is 13.2. The molecule has 0 aliphatic heterocycles. The van der Waals surface area contributed by atoms with Gasteiger partial charge in [-0.15, -0.1) is 0 Å². The van der Waals surface area contributed by atoms with Crippen molar-refractivity contribution in [3.05, 3.63) is 0 Å². The summed E-state index contributed by atoms with van der Waals surface area (Å²) in [6.07, 6.45) is 4.10. The van der Waals surface area contributed by atoms with Gasteiger partial charge in [0, 0.05) is 0 Å². The molecule has 0 aromatic rings. The molecule has 0 bridgehead atoms. The van der Waals surface area contributed by atoms with Gasteiger partial charge in [-0.05, 0) is 43.9 Å². The molecule has 0 amide bonds. The molecular weight excluding hydrogens is 240 g/mol. The van der Waals surface area contributed by atoms with Crippen LogP contribution in [-0.2, 0) is 9.53 Å². The molecule has 0 heterocycles. The van der Waals surface area contributed by atoms with Crippen molar-refractivity contribution in [1.82, 2.24) is 0 Å². The van der Waals surface area contributed by atoms with E-state index >= 15 is 0 Å². The summed E-state index contributed by atoms with van der Waals surface area (Å²) in [4.78, 5) is 12.2. The summed E-state index contributed by atoms with van der Waals surface area (Å²) >= 11 is 0. The predicted molar refractivity (Wildman–Crippen MR) is 76.8 cm³/mol. The maximum atomic E-state index is 12.2. The van der Waals surface area contributed by atoms with Crippen LogP contribution in [0.5, 0.6) is 0 Å². The highest BCUT2D eigenvalue weighted by Gasteiger charge is 2.49. The third-order valence-electron chi connectivity index (χ3n) is 4.18. The van der Waals surface area contributed by atoms with Crippen LogP contribution in [0.1, 0.15) is 66.7 Å². The second-order valence-electron chi connectivity index (χ2n) is 7.05. The topological polar surface area (TPSA) is 46.5 Å². The van der Waals surface area contributed by atoms with Gasteiger partial charge in [-0.25, -0.2) is 0 Å². The minimum Gasteiger partial charge on any atom is -0.466 e. The highest BCUT2D eigenvalue weighted by Crippen LogP contribution is 2.48. The van der Waals surface area contributed by atoms with E-state index in [0.29, 0.717) is 31.8 Å². The molecule has 19 heavy (non-hydrogen) atoms. The Hall–Kier alpha value is -0.570. The van der Waals surface area contributed by atoms with Gasteiger partial charge < -0.3 is 9.84 Å². The molecule has 1 aliphatic rings. The fraction of sp³-hybridized carbons (Fsp3) is 0.938. The van der Waals surface area contributed by atoms with E-state index in [1.54, 1.807) is 0 Å². The Kier molecular flexibility index (Phi) is 5.43. The molecule has 112 valence electrons. The normalized spacial score (nSPS) is 31.8. The Balaban J connectivity index is 2.94. The summed E-state index contributed by atoms with van der Waals surface area (Å²) in [6, 6.07) is 0. The molecule has 1 rings (SSSR count). The molecule has 1 fully saturated rings. The average Bonchev–Trinajstić information content (AvgIpc) is 2.22. The molecule has 3 atom stereocenters. The van der Waals surface area contributed by atoms with Crippen LogP contribution in [0.4, 0.5) is 0 Å². The Morgan fingerprint density at radius 1 is 1.37 bits per heavy atom. The Bertz CT molecular complexity index is 311. The van der Waals surface area contributed by atoms with E-state index < -0.39 is 5.60 Å². The molecule has 0 aromatic heterocycles. The standard InChI is InChI=1S/C16H30O3/c1-6-8-13(14(17)19-7-2)16(18)10-12(3)9-15(4,5)11-16/h12-13,18H,6-11H2,1-5H3. The van der Waals surface area contributed by atoms with Gasteiger partial charge in [-0.3, -0.25) is 4.79 Å². The molecule has 1 saturated carbocycles. The zero-order valence-corrected chi connectivity index (χ0v) is 13.2. The molecule has 1 N–H and O–H groups in total. The first kappa shape index (κ1) is 16.5. The zero-order chi connectivity index (χ0) is 14.7. The van der Waals surface area contributed by atoms with E-state index in [2.05, 4.69) is 20.8 Å². The van der Waals surface area contributed by atoms with E-state index in [1.165, 1.54) is 0 Å². The third kappa shape index (κ3) is 4.20. The van der Waals surface area contributed by atoms with Crippen LogP contribution >= 0.6 is 0 Å². The van der Waals surface area contributed by atoms with Crippen molar-refractivity contribution in [3.63, 3.8) is 0 Å². The van der Waals surface area contributed by atoms with Crippen LogP contribution in [0, 0.1) is 17.3 Å². The molecule has 0 saturated heterocycles. The number of ether oxygens (including phenoxy) is 1. The maximum Gasteiger partial charge on any atom is 0.311 e. The monoisotopic (exact) mass is 270 g/mol. The second kappa shape index (κ2) is 6.25. The summed E-state index contributed by atoms with van der Waals surface area (Å²) in [7, 11) is 0. The molecule has 3 unspecified atom stereocenters. The fourth-order valence-corrected chi connectivity index (χ4v) is 3.99. The van der Waals surface area contributed by atoms with Crippen molar-refractivity contribution >= 4 is 5.97 Å². The van der Waals surface area contributed by atoms with E-state index in [-0.39, 0.29) is 17.3 Å². The van der Waals surface area contributed by atoms with Gasteiger partial charge in [0.2, 0.25) is 0 Å². The smallest absolute Gasteiger partial charge is 0.311 e. The largest absolute Gasteiger partial charge is 0.466 e. The lowest BCUT2D eigenvalue weighted by atomic mass is 9.61. The third-order valence-corrected chi connectivity index (χ3v) is 4.18. The van der Waals surface area contributed by atoms with Crippen molar-refractivity contribution in [1.29, 1.82) is 0 Å². The van der Waals surface area contributed by atoms with Gasteiger partial charge >= 0.3 is 5.97 Å². The lowest BCUT2D eigenvalue weighted by Gasteiger charge is -2.47. The molecule has 3 heteroatoms. The van der Waals surface area contributed by atoms with Crippen molar-refractivity contribution in [2.75, 3.05) is 6.61 Å². The summed E-state index contributed by atoms with van der Waals surface area (Å²) in [5, 5.41) is 11.1. The van der Waals surface area contributed by atoms with Gasteiger partial charge in [0.05, 0.1) is 18.1 Å².